The van der Waals surface area contributed by atoms with E-state index in [1.165, 1.54) is 0 Å². The van der Waals surface area contributed by atoms with Gasteiger partial charge < -0.3 is 5.11 Å². The molecule has 0 heterocycles. The van der Waals surface area contributed by atoms with Gasteiger partial charge in [-0.3, -0.25) is 4.72 Å². The SMILES string of the molecule is CCCCc1ccc(S(=O)(=O)Nc2ccc(CCc3cccc(C(=O)O)c3)cc2)cc1. The van der Waals surface area contributed by atoms with Crippen molar-refractivity contribution in [3.05, 3.63) is 95.1 Å². The van der Waals surface area contributed by atoms with Crippen LogP contribution >= 0.6 is 0 Å². The van der Waals surface area contributed by atoms with Crippen LogP contribution in [0, 0.1) is 0 Å². The van der Waals surface area contributed by atoms with E-state index in [9.17, 15) is 13.2 Å². The van der Waals surface area contributed by atoms with Gasteiger partial charge in [-0.1, -0.05) is 49.7 Å². The van der Waals surface area contributed by atoms with Crippen molar-refractivity contribution in [2.24, 2.45) is 0 Å². The molecule has 31 heavy (non-hydrogen) atoms. The first-order valence-corrected chi connectivity index (χ1v) is 11.9. The summed E-state index contributed by atoms with van der Waals surface area (Å²) in [5.74, 6) is -0.936. The number of sulfonamides is 1. The third-order valence-corrected chi connectivity index (χ3v) is 6.53. The van der Waals surface area contributed by atoms with Gasteiger partial charge in [-0.2, -0.15) is 0 Å². The van der Waals surface area contributed by atoms with Crippen LogP contribution in [0.5, 0.6) is 0 Å². The van der Waals surface area contributed by atoms with Gasteiger partial charge in [-0.25, -0.2) is 13.2 Å². The molecule has 0 saturated carbocycles. The molecule has 0 aliphatic rings. The van der Waals surface area contributed by atoms with E-state index in [2.05, 4.69) is 11.6 Å². The Labute approximate surface area is 183 Å². The van der Waals surface area contributed by atoms with Gasteiger partial charge in [-0.05, 0) is 78.8 Å². The summed E-state index contributed by atoms with van der Waals surface area (Å²) in [7, 11) is -3.64. The topological polar surface area (TPSA) is 83.5 Å². The summed E-state index contributed by atoms with van der Waals surface area (Å²) in [5, 5.41) is 9.09. The Morgan fingerprint density at radius 2 is 1.45 bits per heavy atom. The molecule has 0 aliphatic heterocycles. The van der Waals surface area contributed by atoms with Crippen LogP contribution in [-0.2, 0) is 29.3 Å². The summed E-state index contributed by atoms with van der Waals surface area (Å²) in [6.45, 7) is 2.13. The maximum absolute atomic E-state index is 12.7. The molecule has 0 atom stereocenters. The highest BCUT2D eigenvalue weighted by molar-refractivity contribution is 7.92. The smallest absolute Gasteiger partial charge is 0.335 e. The first-order chi connectivity index (χ1) is 14.9. The molecule has 3 aromatic carbocycles. The Morgan fingerprint density at radius 3 is 2.10 bits per heavy atom. The molecule has 0 aromatic heterocycles. The molecule has 3 rings (SSSR count). The fraction of sp³-hybridized carbons (Fsp3) is 0.240. The number of hydrogen-bond acceptors (Lipinski definition) is 3. The van der Waals surface area contributed by atoms with Crippen molar-refractivity contribution in [2.45, 2.75) is 43.9 Å². The standard InChI is InChI=1S/C25H27NO4S/c1-2-3-5-19-12-16-24(17-13-19)31(29,30)26-23-14-10-20(11-15-23)8-9-21-6-4-7-22(18-21)25(27)28/h4,6-7,10-18,26H,2-3,5,8-9H2,1H3,(H,27,28). The molecule has 0 aliphatic carbocycles. The molecule has 2 N–H and O–H groups in total. The number of unbranched alkanes of at least 4 members (excludes halogenated alkanes) is 1. The number of benzene rings is 3. The van der Waals surface area contributed by atoms with Gasteiger partial charge in [0.2, 0.25) is 0 Å². The van der Waals surface area contributed by atoms with E-state index in [0.717, 1.165) is 42.4 Å². The lowest BCUT2D eigenvalue weighted by molar-refractivity contribution is 0.0696. The summed E-state index contributed by atoms with van der Waals surface area (Å²) in [6, 6.07) is 21.2. The Hall–Kier alpha value is -3.12. The quantitative estimate of drug-likeness (QED) is 0.450. The van der Waals surface area contributed by atoms with Crippen molar-refractivity contribution in [3.63, 3.8) is 0 Å². The highest BCUT2D eigenvalue weighted by Gasteiger charge is 2.14. The first kappa shape index (κ1) is 22.6. The molecule has 0 spiro atoms. The summed E-state index contributed by atoms with van der Waals surface area (Å²) >= 11 is 0. The van der Waals surface area contributed by atoms with Crippen molar-refractivity contribution < 1.29 is 18.3 Å². The van der Waals surface area contributed by atoms with Gasteiger partial charge in [-0.15, -0.1) is 0 Å². The zero-order valence-corrected chi connectivity index (χ0v) is 18.4. The van der Waals surface area contributed by atoms with Crippen molar-refractivity contribution in [3.8, 4) is 0 Å². The minimum Gasteiger partial charge on any atom is -0.478 e. The first-order valence-electron chi connectivity index (χ1n) is 10.4. The molecule has 0 fully saturated rings. The van der Waals surface area contributed by atoms with Crippen LogP contribution in [0.2, 0.25) is 0 Å². The number of carboxylic acid groups (broad SMARTS) is 1. The van der Waals surface area contributed by atoms with Gasteiger partial charge >= 0.3 is 5.97 Å². The highest BCUT2D eigenvalue weighted by Crippen LogP contribution is 2.19. The minimum absolute atomic E-state index is 0.245. The number of rotatable bonds is 10. The second-order valence-corrected chi connectivity index (χ2v) is 9.24. The van der Waals surface area contributed by atoms with Gasteiger partial charge in [0.15, 0.2) is 0 Å². The molecular formula is C25H27NO4S. The number of carboxylic acids is 1. The third kappa shape index (κ3) is 6.43. The largest absolute Gasteiger partial charge is 0.478 e. The molecule has 6 heteroatoms. The van der Waals surface area contributed by atoms with Crippen molar-refractivity contribution in [1.82, 2.24) is 0 Å². The summed E-state index contributed by atoms with van der Waals surface area (Å²) in [4.78, 5) is 11.3. The monoisotopic (exact) mass is 437 g/mol. The van der Waals surface area contributed by atoms with Crippen molar-refractivity contribution in [1.29, 1.82) is 0 Å². The van der Waals surface area contributed by atoms with E-state index in [0.29, 0.717) is 12.1 Å². The van der Waals surface area contributed by atoms with E-state index < -0.39 is 16.0 Å². The second kappa shape index (κ2) is 10.3. The van der Waals surface area contributed by atoms with E-state index in [4.69, 9.17) is 5.11 Å². The summed E-state index contributed by atoms with van der Waals surface area (Å²) in [5.41, 5.74) is 3.92. The van der Waals surface area contributed by atoms with Crippen LogP contribution in [0.4, 0.5) is 5.69 Å². The summed E-state index contributed by atoms with van der Waals surface area (Å²) < 4.78 is 27.9. The third-order valence-electron chi connectivity index (χ3n) is 5.14. The lowest BCUT2D eigenvalue weighted by Crippen LogP contribution is -2.13. The number of nitrogens with one attached hydrogen (secondary N) is 1. The minimum atomic E-state index is -3.64. The molecule has 0 radical (unpaired) electrons. The average Bonchev–Trinajstić information content (AvgIpc) is 2.77. The molecule has 0 amide bonds. The maximum atomic E-state index is 12.7. The van der Waals surface area contributed by atoms with Crippen molar-refractivity contribution in [2.75, 3.05) is 4.72 Å². The van der Waals surface area contributed by atoms with Crippen LogP contribution in [-0.4, -0.2) is 19.5 Å². The van der Waals surface area contributed by atoms with Gasteiger partial charge in [0.05, 0.1) is 10.5 Å². The molecule has 0 saturated heterocycles. The zero-order valence-electron chi connectivity index (χ0n) is 17.5. The van der Waals surface area contributed by atoms with Gasteiger partial charge in [0.1, 0.15) is 0 Å². The number of carbonyl (C=O) groups is 1. The number of hydrogen-bond donors (Lipinski definition) is 2. The van der Waals surface area contributed by atoms with Gasteiger partial charge in [0, 0.05) is 5.69 Å². The fourth-order valence-electron chi connectivity index (χ4n) is 3.32. The maximum Gasteiger partial charge on any atom is 0.335 e. The molecule has 5 nitrogen and oxygen atoms in total. The van der Waals surface area contributed by atoms with Crippen LogP contribution in [0.15, 0.2) is 77.7 Å². The molecule has 0 unspecified atom stereocenters. The lowest BCUT2D eigenvalue weighted by Gasteiger charge is -2.10. The predicted molar refractivity (Wildman–Crippen MR) is 123 cm³/mol. The number of anilines is 1. The molecule has 3 aromatic rings. The Balaban J connectivity index is 1.60. The Kier molecular flexibility index (Phi) is 7.47. The van der Waals surface area contributed by atoms with Crippen LogP contribution in [0.1, 0.15) is 46.8 Å². The van der Waals surface area contributed by atoms with E-state index >= 15 is 0 Å². The molecule has 0 bridgehead atoms. The fourth-order valence-corrected chi connectivity index (χ4v) is 4.38. The van der Waals surface area contributed by atoms with E-state index in [1.54, 1.807) is 42.5 Å². The Morgan fingerprint density at radius 1 is 0.839 bits per heavy atom. The summed E-state index contributed by atoms with van der Waals surface area (Å²) in [6.07, 6.45) is 4.58. The molecule has 162 valence electrons. The van der Waals surface area contributed by atoms with E-state index in [-0.39, 0.29) is 10.5 Å². The van der Waals surface area contributed by atoms with Crippen LogP contribution in [0.3, 0.4) is 0 Å². The lowest BCUT2D eigenvalue weighted by atomic mass is 10.0. The van der Waals surface area contributed by atoms with Crippen LogP contribution in [0.25, 0.3) is 0 Å². The normalized spacial score (nSPS) is 11.3. The zero-order chi connectivity index (χ0) is 22.3. The van der Waals surface area contributed by atoms with Crippen LogP contribution < -0.4 is 4.72 Å². The highest BCUT2D eigenvalue weighted by atomic mass is 32.2. The molecular weight excluding hydrogens is 410 g/mol. The Bertz CT molecular complexity index is 1120. The number of aromatic carboxylic acids is 1. The number of aryl methyl sites for hydroxylation is 3. The second-order valence-electron chi connectivity index (χ2n) is 7.56. The predicted octanol–water partition coefficient (Wildman–Crippen LogP) is 5.31. The van der Waals surface area contributed by atoms with Gasteiger partial charge in [0.25, 0.3) is 10.0 Å². The average molecular weight is 438 g/mol. The van der Waals surface area contributed by atoms with E-state index in [1.807, 2.05) is 30.3 Å². The van der Waals surface area contributed by atoms with Crippen molar-refractivity contribution >= 4 is 21.7 Å².